The number of carbonyl (C=O) groups excluding carboxylic acids is 3. The van der Waals surface area contributed by atoms with Crippen LogP contribution in [-0.4, -0.2) is 64.3 Å². The van der Waals surface area contributed by atoms with Crippen LogP contribution in [0.15, 0.2) is 23.1 Å². The van der Waals surface area contributed by atoms with E-state index in [1.54, 1.807) is 24.3 Å². The third-order valence-electron chi connectivity index (χ3n) is 4.53. The lowest BCUT2D eigenvalue weighted by molar-refractivity contribution is -0.142. The zero-order valence-electron chi connectivity index (χ0n) is 18.2. The van der Waals surface area contributed by atoms with E-state index in [0.717, 1.165) is 11.8 Å². The van der Waals surface area contributed by atoms with Crippen molar-refractivity contribution in [2.24, 2.45) is 5.73 Å². The number of ether oxygens (including phenoxy) is 2. The van der Waals surface area contributed by atoms with Gasteiger partial charge in [-0.3, -0.25) is 19.3 Å². The number of aliphatic carboxylic acids is 1. The number of nitrogens with zero attached hydrogens (tertiary/aromatic N) is 1. The van der Waals surface area contributed by atoms with E-state index in [-0.39, 0.29) is 31.7 Å². The van der Waals surface area contributed by atoms with Crippen molar-refractivity contribution < 1.29 is 33.8 Å². The van der Waals surface area contributed by atoms with Gasteiger partial charge in [0, 0.05) is 19.4 Å². The molecule has 2 rings (SSSR count). The average molecular weight is 496 g/mol. The van der Waals surface area contributed by atoms with Gasteiger partial charge in [-0.25, -0.2) is 4.79 Å². The molecule has 0 aliphatic carbocycles. The van der Waals surface area contributed by atoms with Crippen LogP contribution in [0.4, 0.5) is 0 Å². The first kappa shape index (κ1) is 26.1. The standard InChI is InChI=1S/C21H25N3O7S2/c1-3-31-14-6-4-12(10-15(14)30-2)11-16-19(27)24(21(32)33-16)9-8-18(26)23-13(20(28)29)5-7-17(22)25/h4,6,10-11,13H,3,5,7-9H2,1-2H3,(H2,22,25)(H,23,26)(H,28,29)/b16-11+/t13-/m1/s1. The number of primary amides is 1. The van der Waals surface area contributed by atoms with Gasteiger partial charge in [-0.05, 0) is 37.1 Å². The molecule has 0 unspecified atom stereocenters. The van der Waals surface area contributed by atoms with Crippen molar-refractivity contribution in [3.63, 3.8) is 0 Å². The lowest BCUT2D eigenvalue weighted by atomic mass is 10.1. The Morgan fingerprint density at radius 3 is 2.64 bits per heavy atom. The Morgan fingerprint density at radius 1 is 1.30 bits per heavy atom. The van der Waals surface area contributed by atoms with Crippen LogP contribution in [0.3, 0.4) is 0 Å². The number of rotatable bonds is 12. The number of hydrogen-bond acceptors (Lipinski definition) is 8. The Kier molecular flexibility index (Phi) is 9.67. The van der Waals surface area contributed by atoms with Crippen LogP contribution < -0.4 is 20.5 Å². The lowest BCUT2D eigenvalue weighted by Gasteiger charge is -2.16. The number of hydrogen-bond donors (Lipinski definition) is 3. The predicted octanol–water partition coefficient (Wildman–Crippen LogP) is 1.52. The molecule has 33 heavy (non-hydrogen) atoms. The van der Waals surface area contributed by atoms with Crippen LogP contribution in [0.25, 0.3) is 6.08 Å². The Morgan fingerprint density at radius 2 is 2.03 bits per heavy atom. The van der Waals surface area contributed by atoms with Crippen LogP contribution in [0.2, 0.25) is 0 Å². The maximum absolute atomic E-state index is 12.8. The molecule has 1 aromatic carbocycles. The molecule has 1 atom stereocenters. The topological polar surface area (TPSA) is 148 Å². The van der Waals surface area contributed by atoms with Crippen molar-refractivity contribution in [1.29, 1.82) is 0 Å². The van der Waals surface area contributed by atoms with Crippen LogP contribution in [0.1, 0.15) is 31.7 Å². The summed E-state index contributed by atoms with van der Waals surface area (Å²) in [6, 6.07) is 4.02. The molecule has 0 saturated carbocycles. The Bertz CT molecular complexity index is 981. The highest BCUT2D eigenvalue weighted by atomic mass is 32.2. The largest absolute Gasteiger partial charge is 0.493 e. The number of methoxy groups -OCH3 is 1. The fourth-order valence-corrected chi connectivity index (χ4v) is 4.23. The molecule has 178 valence electrons. The molecule has 4 N–H and O–H groups in total. The SMILES string of the molecule is CCOc1ccc(/C=C2/SC(=S)N(CCC(=O)N[C@H](CCC(N)=O)C(=O)O)C2=O)cc1OC. The van der Waals surface area contributed by atoms with Gasteiger partial charge in [0.2, 0.25) is 11.8 Å². The second kappa shape index (κ2) is 12.2. The number of nitrogens with two attached hydrogens (primary N) is 1. The summed E-state index contributed by atoms with van der Waals surface area (Å²) in [6.07, 6.45) is 1.22. The molecular weight excluding hydrogens is 470 g/mol. The van der Waals surface area contributed by atoms with E-state index in [0.29, 0.717) is 32.9 Å². The normalized spacial score (nSPS) is 15.5. The first-order chi connectivity index (χ1) is 15.7. The third kappa shape index (κ3) is 7.46. The molecule has 1 heterocycles. The summed E-state index contributed by atoms with van der Waals surface area (Å²) in [4.78, 5) is 48.8. The summed E-state index contributed by atoms with van der Waals surface area (Å²) in [5.74, 6) is -1.75. The Labute approximate surface area is 200 Å². The van der Waals surface area contributed by atoms with Crippen LogP contribution >= 0.6 is 24.0 Å². The lowest BCUT2D eigenvalue weighted by Crippen LogP contribution is -2.42. The predicted molar refractivity (Wildman–Crippen MR) is 127 cm³/mol. The molecular formula is C21H25N3O7S2. The highest BCUT2D eigenvalue weighted by Crippen LogP contribution is 2.34. The number of carboxylic acid groups (broad SMARTS) is 1. The van der Waals surface area contributed by atoms with Gasteiger partial charge in [-0.15, -0.1) is 0 Å². The summed E-state index contributed by atoms with van der Waals surface area (Å²) in [6.45, 7) is 2.34. The highest BCUT2D eigenvalue weighted by molar-refractivity contribution is 8.26. The number of amides is 3. The third-order valence-corrected chi connectivity index (χ3v) is 5.91. The summed E-state index contributed by atoms with van der Waals surface area (Å²) in [5.41, 5.74) is 5.74. The molecule has 10 nitrogen and oxygen atoms in total. The number of thioether (sulfide) groups is 1. The first-order valence-electron chi connectivity index (χ1n) is 10.0. The molecule has 12 heteroatoms. The molecule has 0 aromatic heterocycles. The minimum atomic E-state index is -1.27. The fraction of sp³-hybridized carbons (Fsp3) is 0.381. The van der Waals surface area contributed by atoms with Gasteiger partial charge in [0.25, 0.3) is 5.91 Å². The molecule has 1 saturated heterocycles. The van der Waals surface area contributed by atoms with E-state index in [4.69, 9.17) is 27.4 Å². The van der Waals surface area contributed by atoms with Gasteiger partial charge in [0.1, 0.15) is 10.4 Å². The van der Waals surface area contributed by atoms with Crippen LogP contribution in [0, 0.1) is 0 Å². The quantitative estimate of drug-likeness (QED) is 0.290. The second-order valence-electron chi connectivity index (χ2n) is 6.89. The monoisotopic (exact) mass is 495 g/mol. The minimum Gasteiger partial charge on any atom is -0.493 e. The number of thiocarbonyl (C=S) groups is 1. The fourth-order valence-electron chi connectivity index (χ4n) is 2.92. The van der Waals surface area contributed by atoms with Crippen LogP contribution in [0.5, 0.6) is 11.5 Å². The van der Waals surface area contributed by atoms with Crippen molar-refractivity contribution in [3.05, 3.63) is 28.7 Å². The molecule has 0 bridgehead atoms. The Balaban J connectivity index is 2.01. The summed E-state index contributed by atoms with van der Waals surface area (Å²) < 4.78 is 11.1. The maximum Gasteiger partial charge on any atom is 0.326 e. The van der Waals surface area contributed by atoms with E-state index in [1.807, 2.05) is 6.92 Å². The van der Waals surface area contributed by atoms with E-state index in [9.17, 15) is 24.3 Å². The zero-order valence-corrected chi connectivity index (χ0v) is 19.8. The van der Waals surface area contributed by atoms with Gasteiger partial charge in [0.15, 0.2) is 11.5 Å². The van der Waals surface area contributed by atoms with Gasteiger partial charge in [-0.1, -0.05) is 30.0 Å². The van der Waals surface area contributed by atoms with Crippen molar-refractivity contribution in [3.8, 4) is 11.5 Å². The summed E-state index contributed by atoms with van der Waals surface area (Å²) in [7, 11) is 1.52. The van der Waals surface area contributed by atoms with Crippen molar-refractivity contribution in [2.75, 3.05) is 20.3 Å². The zero-order chi connectivity index (χ0) is 24.5. The molecule has 1 aromatic rings. The van der Waals surface area contributed by atoms with Gasteiger partial charge < -0.3 is 25.6 Å². The minimum absolute atomic E-state index is 0.0113. The van der Waals surface area contributed by atoms with Crippen LogP contribution in [-0.2, 0) is 19.2 Å². The Hall–Kier alpha value is -3.12. The highest BCUT2D eigenvalue weighted by Gasteiger charge is 2.32. The second-order valence-corrected chi connectivity index (χ2v) is 8.57. The van der Waals surface area contributed by atoms with Crippen molar-refractivity contribution in [2.45, 2.75) is 32.2 Å². The maximum atomic E-state index is 12.8. The number of carbonyl (C=O) groups is 4. The number of nitrogens with one attached hydrogen (secondary N) is 1. The van der Waals surface area contributed by atoms with Gasteiger partial charge >= 0.3 is 5.97 Å². The smallest absolute Gasteiger partial charge is 0.326 e. The number of benzene rings is 1. The number of carboxylic acids is 1. The van der Waals surface area contributed by atoms with E-state index in [1.165, 1.54) is 12.0 Å². The average Bonchev–Trinajstić information content (AvgIpc) is 3.02. The summed E-state index contributed by atoms with van der Waals surface area (Å²) >= 11 is 6.38. The van der Waals surface area contributed by atoms with E-state index in [2.05, 4.69) is 5.32 Å². The van der Waals surface area contributed by atoms with Crippen molar-refractivity contribution >= 4 is 58.1 Å². The van der Waals surface area contributed by atoms with E-state index < -0.39 is 23.8 Å². The molecule has 0 spiro atoms. The molecule has 3 amide bonds. The molecule has 1 aliphatic rings. The van der Waals surface area contributed by atoms with Gasteiger partial charge in [0.05, 0.1) is 18.6 Å². The summed E-state index contributed by atoms with van der Waals surface area (Å²) in [5, 5.41) is 11.5. The van der Waals surface area contributed by atoms with Crippen molar-refractivity contribution in [1.82, 2.24) is 10.2 Å². The molecule has 1 fully saturated rings. The van der Waals surface area contributed by atoms with Gasteiger partial charge in [-0.2, -0.15) is 0 Å². The molecule has 1 aliphatic heterocycles. The molecule has 0 radical (unpaired) electrons. The first-order valence-corrected chi connectivity index (χ1v) is 11.2. The van der Waals surface area contributed by atoms with E-state index >= 15 is 0 Å².